The molecule has 0 unspecified atom stereocenters. The van der Waals surface area contributed by atoms with Crippen molar-refractivity contribution < 1.29 is 23.8 Å². The Bertz CT molecular complexity index is 971. The molecule has 0 fully saturated rings. The zero-order valence-corrected chi connectivity index (χ0v) is 15.3. The van der Waals surface area contributed by atoms with E-state index in [4.69, 9.17) is 14.2 Å². The van der Waals surface area contributed by atoms with Gasteiger partial charge in [0.15, 0.2) is 6.61 Å². The molecule has 3 aromatic rings. The number of carbonyl (C=O) groups excluding carboxylic acids is 2. The number of methoxy groups -OCH3 is 2. The van der Waals surface area contributed by atoms with E-state index in [-0.39, 0.29) is 0 Å². The van der Waals surface area contributed by atoms with Crippen LogP contribution in [0.1, 0.15) is 10.4 Å². The number of hydrogen-bond acceptors (Lipinski definition) is 5. The number of carbonyl (C=O) groups is 2. The van der Waals surface area contributed by atoms with Crippen molar-refractivity contribution in [3.05, 3.63) is 54.2 Å². The molecule has 1 amide bonds. The molecule has 0 aliphatic heterocycles. The lowest BCUT2D eigenvalue weighted by molar-refractivity contribution is -0.119. The Balaban J connectivity index is 1.66. The average Bonchev–Trinajstić information content (AvgIpc) is 3.03. The number of ether oxygens (including phenoxy) is 3. The quantitative estimate of drug-likeness (QED) is 0.677. The number of para-hydroxylation sites is 1. The Morgan fingerprint density at radius 3 is 2.37 bits per heavy atom. The first-order valence-corrected chi connectivity index (χ1v) is 8.26. The fourth-order valence-electron chi connectivity index (χ4n) is 2.79. The minimum Gasteiger partial charge on any atom is -0.497 e. The van der Waals surface area contributed by atoms with Gasteiger partial charge in [-0.25, -0.2) is 4.79 Å². The van der Waals surface area contributed by atoms with Gasteiger partial charge in [-0.05, 0) is 6.07 Å². The summed E-state index contributed by atoms with van der Waals surface area (Å²) >= 11 is 0. The highest BCUT2D eigenvalue weighted by atomic mass is 16.5. The molecule has 7 heteroatoms. The monoisotopic (exact) mass is 368 g/mol. The van der Waals surface area contributed by atoms with Crippen LogP contribution in [0.5, 0.6) is 11.5 Å². The van der Waals surface area contributed by atoms with E-state index in [2.05, 4.69) is 5.32 Å². The van der Waals surface area contributed by atoms with Crippen LogP contribution in [0.2, 0.25) is 0 Å². The number of esters is 1. The van der Waals surface area contributed by atoms with Crippen molar-refractivity contribution in [2.24, 2.45) is 7.05 Å². The number of nitrogens with one attached hydrogen (secondary N) is 1. The Labute approximate surface area is 156 Å². The van der Waals surface area contributed by atoms with Crippen LogP contribution in [0.4, 0.5) is 5.69 Å². The molecule has 0 aliphatic carbocycles. The van der Waals surface area contributed by atoms with E-state index < -0.39 is 18.5 Å². The highest BCUT2D eigenvalue weighted by Crippen LogP contribution is 2.26. The van der Waals surface area contributed by atoms with Crippen molar-refractivity contribution in [1.82, 2.24) is 4.57 Å². The fourth-order valence-corrected chi connectivity index (χ4v) is 2.79. The van der Waals surface area contributed by atoms with Crippen LogP contribution in [0.15, 0.2) is 48.7 Å². The first-order chi connectivity index (χ1) is 13.0. The maximum Gasteiger partial charge on any atom is 0.340 e. The summed E-state index contributed by atoms with van der Waals surface area (Å²) in [5.74, 6) is 0.0684. The van der Waals surface area contributed by atoms with Crippen molar-refractivity contribution in [3.63, 3.8) is 0 Å². The van der Waals surface area contributed by atoms with E-state index >= 15 is 0 Å². The maximum atomic E-state index is 12.4. The number of aromatic nitrogens is 1. The molecule has 0 atom stereocenters. The number of rotatable bonds is 6. The molecule has 1 heterocycles. The predicted molar refractivity (Wildman–Crippen MR) is 101 cm³/mol. The lowest BCUT2D eigenvalue weighted by Crippen LogP contribution is -2.21. The molecule has 27 heavy (non-hydrogen) atoms. The molecule has 0 bridgehead atoms. The number of amides is 1. The SMILES string of the molecule is COc1cc(NC(=O)COC(=O)c2cn(C)c3ccccc23)cc(OC)c1. The van der Waals surface area contributed by atoms with Crippen molar-refractivity contribution >= 4 is 28.5 Å². The lowest BCUT2D eigenvalue weighted by Gasteiger charge is -2.10. The van der Waals surface area contributed by atoms with E-state index in [1.807, 2.05) is 35.9 Å². The standard InChI is InChI=1S/C20H20N2O5/c1-22-11-17(16-6-4-5-7-18(16)22)20(24)27-12-19(23)21-13-8-14(25-2)10-15(9-13)26-3/h4-11H,12H2,1-3H3,(H,21,23). The van der Waals surface area contributed by atoms with E-state index in [0.717, 1.165) is 10.9 Å². The highest BCUT2D eigenvalue weighted by Gasteiger charge is 2.16. The van der Waals surface area contributed by atoms with E-state index in [0.29, 0.717) is 22.7 Å². The zero-order chi connectivity index (χ0) is 19.4. The summed E-state index contributed by atoms with van der Waals surface area (Å²) in [5, 5.41) is 3.44. The maximum absolute atomic E-state index is 12.4. The van der Waals surface area contributed by atoms with Crippen molar-refractivity contribution in [1.29, 1.82) is 0 Å². The number of anilines is 1. The second kappa shape index (κ2) is 7.82. The topological polar surface area (TPSA) is 78.8 Å². The minimum absolute atomic E-state index is 0.401. The van der Waals surface area contributed by atoms with Crippen LogP contribution in [-0.2, 0) is 16.6 Å². The third kappa shape index (κ3) is 4.03. The second-order valence-electron chi connectivity index (χ2n) is 5.90. The van der Waals surface area contributed by atoms with Crippen LogP contribution < -0.4 is 14.8 Å². The van der Waals surface area contributed by atoms with Gasteiger partial charge in [0, 0.05) is 48.0 Å². The summed E-state index contributed by atoms with van der Waals surface area (Å²) in [6.45, 7) is -0.401. The number of aryl methyl sites for hydroxylation is 1. The van der Waals surface area contributed by atoms with Gasteiger partial charge in [-0.2, -0.15) is 0 Å². The molecular formula is C20H20N2O5. The third-order valence-electron chi connectivity index (χ3n) is 4.09. The molecule has 0 saturated heterocycles. The number of benzene rings is 2. The summed E-state index contributed by atoms with van der Waals surface area (Å²) in [6, 6.07) is 12.5. The van der Waals surface area contributed by atoms with Gasteiger partial charge in [-0.15, -0.1) is 0 Å². The smallest absolute Gasteiger partial charge is 0.340 e. The average molecular weight is 368 g/mol. The number of nitrogens with zero attached hydrogens (tertiary/aromatic N) is 1. The van der Waals surface area contributed by atoms with Crippen LogP contribution >= 0.6 is 0 Å². The zero-order valence-electron chi connectivity index (χ0n) is 15.3. The molecule has 2 aromatic carbocycles. The summed E-state index contributed by atoms with van der Waals surface area (Å²) in [5.41, 5.74) is 1.82. The Kier molecular flexibility index (Phi) is 5.30. The molecule has 0 radical (unpaired) electrons. The normalized spacial score (nSPS) is 10.5. The number of fused-ring (bicyclic) bond motifs is 1. The van der Waals surface area contributed by atoms with Gasteiger partial charge in [0.05, 0.1) is 19.8 Å². The minimum atomic E-state index is -0.551. The largest absolute Gasteiger partial charge is 0.497 e. The lowest BCUT2D eigenvalue weighted by atomic mass is 10.2. The second-order valence-corrected chi connectivity index (χ2v) is 5.90. The molecule has 3 rings (SSSR count). The van der Waals surface area contributed by atoms with Gasteiger partial charge in [-0.3, -0.25) is 4.79 Å². The fraction of sp³-hybridized carbons (Fsp3) is 0.200. The van der Waals surface area contributed by atoms with Crippen molar-refractivity contribution in [2.75, 3.05) is 26.1 Å². The van der Waals surface area contributed by atoms with E-state index in [9.17, 15) is 9.59 Å². The molecule has 1 aromatic heterocycles. The van der Waals surface area contributed by atoms with Gasteiger partial charge in [-0.1, -0.05) is 18.2 Å². The summed E-state index contributed by atoms with van der Waals surface area (Å²) in [7, 11) is 4.89. The van der Waals surface area contributed by atoms with Gasteiger partial charge >= 0.3 is 5.97 Å². The third-order valence-corrected chi connectivity index (χ3v) is 4.09. The Hall–Kier alpha value is -3.48. The van der Waals surface area contributed by atoms with Gasteiger partial charge in [0.2, 0.25) is 0 Å². The van der Waals surface area contributed by atoms with E-state index in [1.54, 1.807) is 24.4 Å². The first-order valence-electron chi connectivity index (χ1n) is 8.26. The van der Waals surface area contributed by atoms with Crippen LogP contribution in [0.25, 0.3) is 10.9 Å². The van der Waals surface area contributed by atoms with Gasteiger partial charge in [0.1, 0.15) is 11.5 Å². The van der Waals surface area contributed by atoms with Crippen molar-refractivity contribution in [2.45, 2.75) is 0 Å². The summed E-state index contributed by atoms with van der Waals surface area (Å²) in [4.78, 5) is 24.5. The van der Waals surface area contributed by atoms with Crippen LogP contribution in [0.3, 0.4) is 0 Å². The first kappa shape index (κ1) is 18.3. The summed E-state index contributed by atoms with van der Waals surface area (Å²) < 4.78 is 17.3. The summed E-state index contributed by atoms with van der Waals surface area (Å²) in [6.07, 6.45) is 1.69. The molecule has 0 spiro atoms. The van der Waals surface area contributed by atoms with Gasteiger partial charge < -0.3 is 24.1 Å². The van der Waals surface area contributed by atoms with Crippen molar-refractivity contribution in [3.8, 4) is 11.5 Å². The number of hydrogen-bond donors (Lipinski definition) is 1. The molecule has 7 nitrogen and oxygen atoms in total. The molecule has 0 aliphatic rings. The molecule has 0 saturated carbocycles. The van der Waals surface area contributed by atoms with Crippen LogP contribution in [-0.4, -0.2) is 37.3 Å². The Morgan fingerprint density at radius 1 is 1.04 bits per heavy atom. The predicted octanol–water partition coefficient (Wildman–Crippen LogP) is 2.99. The molecule has 140 valence electrons. The highest BCUT2D eigenvalue weighted by molar-refractivity contribution is 6.05. The van der Waals surface area contributed by atoms with Gasteiger partial charge in [0.25, 0.3) is 5.91 Å². The molecular weight excluding hydrogens is 348 g/mol. The van der Waals surface area contributed by atoms with Crippen LogP contribution in [0, 0.1) is 0 Å². The molecule has 1 N–H and O–H groups in total. The van der Waals surface area contributed by atoms with E-state index in [1.165, 1.54) is 14.2 Å². The Morgan fingerprint density at radius 2 is 1.70 bits per heavy atom.